The van der Waals surface area contributed by atoms with E-state index in [9.17, 15) is 19.5 Å². The molecule has 7 nitrogen and oxygen atoms in total. The van der Waals surface area contributed by atoms with Crippen molar-refractivity contribution in [2.45, 2.75) is 25.8 Å². The number of hydrogen-bond acceptors (Lipinski definition) is 4. The number of carbonyl (C=O) groups is 3. The van der Waals surface area contributed by atoms with E-state index in [0.29, 0.717) is 30.5 Å². The molecule has 0 bridgehead atoms. The SMILES string of the molecule is Cc1cc(Cl)cc(C(=O)O)c1NC(=O)[C@@H]1CCCN1C(=O)c1cccc(-c2ccoc2)c1. The number of nitrogens with one attached hydrogen (secondary N) is 1. The second-order valence-corrected chi connectivity index (χ2v) is 8.13. The number of nitrogens with zero attached hydrogens (tertiary/aromatic N) is 1. The van der Waals surface area contributed by atoms with Crippen molar-refractivity contribution < 1.29 is 23.9 Å². The van der Waals surface area contributed by atoms with Crippen molar-refractivity contribution in [2.24, 2.45) is 0 Å². The fraction of sp³-hybridized carbons (Fsp3) is 0.208. The van der Waals surface area contributed by atoms with Crippen molar-refractivity contribution in [1.82, 2.24) is 4.90 Å². The molecule has 2 N–H and O–H groups in total. The van der Waals surface area contributed by atoms with E-state index in [0.717, 1.165) is 11.1 Å². The van der Waals surface area contributed by atoms with Crippen molar-refractivity contribution in [3.05, 3.63) is 76.7 Å². The van der Waals surface area contributed by atoms with Gasteiger partial charge in [-0.05, 0) is 61.2 Å². The molecule has 0 spiro atoms. The molecule has 32 heavy (non-hydrogen) atoms. The third-order valence-electron chi connectivity index (χ3n) is 5.56. The number of carboxylic acid groups (broad SMARTS) is 1. The van der Waals surface area contributed by atoms with E-state index in [1.165, 1.54) is 11.0 Å². The average Bonchev–Trinajstić information content (AvgIpc) is 3.47. The van der Waals surface area contributed by atoms with Gasteiger partial charge in [-0.1, -0.05) is 23.7 Å². The number of amides is 2. The van der Waals surface area contributed by atoms with E-state index in [1.54, 1.807) is 43.7 Å². The van der Waals surface area contributed by atoms with Gasteiger partial charge in [-0.25, -0.2) is 4.79 Å². The molecule has 0 unspecified atom stereocenters. The van der Waals surface area contributed by atoms with Gasteiger partial charge in [0.1, 0.15) is 6.04 Å². The van der Waals surface area contributed by atoms with Gasteiger partial charge in [0, 0.05) is 22.7 Å². The maximum atomic E-state index is 13.2. The maximum absolute atomic E-state index is 13.2. The summed E-state index contributed by atoms with van der Waals surface area (Å²) >= 11 is 5.98. The summed E-state index contributed by atoms with van der Waals surface area (Å²) in [5, 5.41) is 12.5. The number of halogens is 1. The first kappa shape index (κ1) is 21.6. The van der Waals surface area contributed by atoms with Crippen LogP contribution < -0.4 is 5.32 Å². The van der Waals surface area contributed by atoms with Crippen molar-refractivity contribution in [2.75, 3.05) is 11.9 Å². The molecule has 2 heterocycles. The van der Waals surface area contributed by atoms with E-state index >= 15 is 0 Å². The molecular formula is C24H21ClN2O5. The molecule has 1 aromatic heterocycles. The Balaban J connectivity index is 1.57. The first-order valence-electron chi connectivity index (χ1n) is 10.1. The highest BCUT2D eigenvalue weighted by Crippen LogP contribution is 2.28. The van der Waals surface area contributed by atoms with E-state index in [2.05, 4.69) is 5.32 Å². The van der Waals surface area contributed by atoms with Crippen molar-refractivity contribution >= 4 is 35.1 Å². The zero-order chi connectivity index (χ0) is 22.8. The molecule has 3 aromatic rings. The molecule has 1 fully saturated rings. The Morgan fingerprint density at radius 2 is 1.97 bits per heavy atom. The van der Waals surface area contributed by atoms with E-state index in [-0.39, 0.29) is 22.2 Å². The lowest BCUT2D eigenvalue weighted by molar-refractivity contribution is -0.119. The second kappa shape index (κ2) is 8.88. The number of hydrogen-bond donors (Lipinski definition) is 2. The van der Waals surface area contributed by atoms with Gasteiger partial charge in [-0.2, -0.15) is 0 Å². The number of rotatable bonds is 5. The van der Waals surface area contributed by atoms with Gasteiger partial charge in [0.05, 0.1) is 23.8 Å². The summed E-state index contributed by atoms with van der Waals surface area (Å²) in [5.41, 5.74) is 2.80. The number of anilines is 1. The summed E-state index contributed by atoms with van der Waals surface area (Å²) in [5.74, 6) is -1.87. The summed E-state index contributed by atoms with van der Waals surface area (Å²) in [6.45, 7) is 2.12. The lowest BCUT2D eigenvalue weighted by Gasteiger charge is -2.25. The quantitative estimate of drug-likeness (QED) is 0.576. The van der Waals surface area contributed by atoms with Gasteiger partial charge in [0.2, 0.25) is 5.91 Å². The Bertz CT molecular complexity index is 1190. The highest BCUT2D eigenvalue weighted by atomic mass is 35.5. The number of carbonyl (C=O) groups excluding carboxylic acids is 2. The molecule has 1 atom stereocenters. The maximum Gasteiger partial charge on any atom is 0.337 e. The number of furan rings is 1. The highest BCUT2D eigenvalue weighted by Gasteiger charge is 2.35. The Morgan fingerprint density at radius 3 is 2.69 bits per heavy atom. The summed E-state index contributed by atoms with van der Waals surface area (Å²) in [6, 6.07) is 11.1. The smallest absolute Gasteiger partial charge is 0.337 e. The van der Waals surface area contributed by atoms with Crippen LogP contribution in [0.5, 0.6) is 0 Å². The predicted molar refractivity (Wildman–Crippen MR) is 120 cm³/mol. The third-order valence-corrected chi connectivity index (χ3v) is 5.78. The largest absolute Gasteiger partial charge is 0.478 e. The molecule has 2 aromatic carbocycles. The van der Waals surface area contributed by atoms with Gasteiger partial charge in [0.15, 0.2) is 0 Å². The van der Waals surface area contributed by atoms with Crippen LogP contribution in [-0.4, -0.2) is 40.4 Å². The molecule has 8 heteroatoms. The highest BCUT2D eigenvalue weighted by molar-refractivity contribution is 6.31. The van der Waals surface area contributed by atoms with Crippen molar-refractivity contribution in [3.8, 4) is 11.1 Å². The number of likely N-dealkylation sites (tertiary alicyclic amines) is 1. The van der Waals surface area contributed by atoms with Crippen molar-refractivity contribution in [3.63, 3.8) is 0 Å². The lowest BCUT2D eigenvalue weighted by Crippen LogP contribution is -2.43. The van der Waals surface area contributed by atoms with E-state index < -0.39 is 17.9 Å². The molecule has 2 amide bonds. The molecule has 1 aliphatic heterocycles. The first-order chi connectivity index (χ1) is 15.3. The number of aryl methyl sites for hydroxylation is 1. The average molecular weight is 453 g/mol. The topological polar surface area (TPSA) is 99.9 Å². The minimum absolute atomic E-state index is 0.0907. The van der Waals surface area contributed by atoms with Gasteiger partial charge in [-0.3, -0.25) is 9.59 Å². The standard InChI is InChI=1S/C24H21ClN2O5/c1-14-10-18(25)12-19(24(30)31)21(14)26-22(28)20-6-3-8-27(20)23(29)16-5-2-4-15(11-16)17-7-9-32-13-17/h2,4-5,7,9-13,20H,3,6,8H2,1H3,(H,26,28)(H,30,31)/t20-/m0/s1. The van der Waals surface area contributed by atoms with Crippen LogP contribution in [0.15, 0.2) is 59.4 Å². The Labute approximate surface area is 189 Å². The summed E-state index contributed by atoms with van der Waals surface area (Å²) in [4.78, 5) is 39.5. The van der Waals surface area contributed by atoms with Crippen LogP contribution in [0.2, 0.25) is 5.02 Å². The molecule has 0 aliphatic carbocycles. The van der Waals surface area contributed by atoms with Crippen LogP contribution in [-0.2, 0) is 4.79 Å². The van der Waals surface area contributed by atoms with Gasteiger partial charge in [0.25, 0.3) is 5.91 Å². The summed E-state index contributed by atoms with van der Waals surface area (Å²) < 4.78 is 5.12. The molecule has 164 valence electrons. The molecule has 1 aliphatic rings. The summed E-state index contributed by atoms with van der Waals surface area (Å²) in [6.07, 6.45) is 4.34. The van der Waals surface area contributed by atoms with Gasteiger partial charge >= 0.3 is 5.97 Å². The monoisotopic (exact) mass is 452 g/mol. The number of carboxylic acids is 1. The summed E-state index contributed by atoms with van der Waals surface area (Å²) in [7, 11) is 0. The van der Waals surface area contributed by atoms with Crippen LogP contribution in [0, 0.1) is 6.92 Å². The van der Waals surface area contributed by atoms with E-state index in [1.807, 2.05) is 12.1 Å². The molecule has 4 rings (SSSR count). The molecule has 1 saturated heterocycles. The minimum atomic E-state index is -1.19. The Hall–Kier alpha value is -3.58. The Kier molecular flexibility index (Phi) is 6.01. The lowest BCUT2D eigenvalue weighted by atomic mass is 10.0. The molecule has 0 saturated carbocycles. The van der Waals surface area contributed by atoms with Gasteiger partial charge < -0.3 is 19.7 Å². The van der Waals surface area contributed by atoms with Crippen LogP contribution in [0.4, 0.5) is 5.69 Å². The van der Waals surface area contributed by atoms with Crippen LogP contribution in [0.1, 0.15) is 39.1 Å². The fourth-order valence-corrected chi connectivity index (χ4v) is 4.27. The normalized spacial score (nSPS) is 15.6. The van der Waals surface area contributed by atoms with Crippen LogP contribution >= 0.6 is 11.6 Å². The van der Waals surface area contributed by atoms with Gasteiger partial charge in [-0.15, -0.1) is 0 Å². The zero-order valence-corrected chi connectivity index (χ0v) is 18.1. The van der Waals surface area contributed by atoms with Crippen LogP contribution in [0.25, 0.3) is 11.1 Å². The Morgan fingerprint density at radius 1 is 1.16 bits per heavy atom. The molecule has 0 radical (unpaired) electrons. The predicted octanol–water partition coefficient (Wildman–Crippen LogP) is 4.85. The minimum Gasteiger partial charge on any atom is -0.478 e. The number of aromatic carboxylic acids is 1. The van der Waals surface area contributed by atoms with Crippen LogP contribution in [0.3, 0.4) is 0 Å². The van der Waals surface area contributed by atoms with Crippen molar-refractivity contribution in [1.29, 1.82) is 0 Å². The molecular weight excluding hydrogens is 432 g/mol. The van der Waals surface area contributed by atoms with E-state index in [4.69, 9.17) is 16.0 Å². The first-order valence-corrected chi connectivity index (χ1v) is 10.5. The number of benzene rings is 2. The fourth-order valence-electron chi connectivity index (χ4n) is 3.99. The zero-order valence-electron chi connectivity index (χ0n) is 17.3. The third kappa shape index (κ3) is 4.24. The second-order valence-electron chi connectivity index (χ2n) is 7.69.